The van der Waals surface area contributed by atoms with Crippen molar-refractivity contribution >= 4 is 35.0 Å². The summed E-state index contributed by atoms with van der Waals surface area (Å²) in [7, 11) is 1.83. The molecule has 6 nitrogen and oxygen atoms in total. The van der Waals surface area contributed by atoms with E-state index in [9.17, 15) is 9.18 Å². The molecule has 1 unspecified atom stereocenters. The molecule has 0 fully saturated rings. The number of hydrogen-bond acceptors (Lipinski definition) is 5. The summed E-state index contributed by atoms with van der Waals surface area (Å²) in [5.74, 6) is -0.0424. The molecule has 1 amide bonds. The monoisotopic (exact) mass is 391 g/mol. The van der Waals surface area contributed by atoms with Crippen LogP contribution in [0.1, 0.15) is 6.92 Å². The third-order valence-electron chi connectivity index (χ3n) is 3.61. The van der Waals surface area contributed by atoms with Crippen LogP contribution in [-0.4, -0.2) is 30.9 Å². The number of carbonyl (C=O) groups excluding carboxylic acids is 1. The van der Waals surface area contributed by atoms with Gasteiger partial charge in [0.2, 0.25) is 5.91 Å². The number of thioether (sulfide) groups is 1. The molecule has 1 atom stereocenters. The average Bonchev–Trinajstić information content (AvgIpc) is 2.98. The first-order valence-electron chi connectivity index (χ1n) is 7.68. The van der Waals surface area contributed by atoms with Gasteiger partial charge in [-0.1, -0.05) is 23.4 Å². The van der Waals surface area contributed by atoms with E-state index in [4.69, 9.17) is 11.6 Å². The van der Waals surface area contributed by atoms with Gasteiger partial charge in [0.05, 0.1) is 16.0 Å². The first-order chi connectivity index (χ1) is 12.5. The summed E-state index contributed by atoms with van der Waals surface area (Å²) in [5.41, 5.74) is 1.25. The maximum atomic E-state index is 13.1. The minimum atomic E-state index is -0.460. The third kappa shape index (κ3) is 4.03. The van der Waals surface area contributed by atoms with E-state index in [1.165, 1.54) is 23.9 Å². The fourth-order valence-corrected chi connectivity index (χ4v) is 3.24. The van der Waals surface area contributed by atoms with E-state index >= 15 is 0 Å². The van der Waals surface area contributed by atoms with Crippen molar-refractivity contribution in [2.45, 2.75) is 17.3 Å². The number of amides is 1. The molecule has 9 heteroatoms. The van der Waals surface area contributed by atoms with Gasteiger partial charge in [0, 0.05) is 25.0 Å². The van der Waals surface area contributed by atoms with Crippen molar-refractivity contribution in [3.8, 4) is 11.4 Å². The highest BCUT2D eigenvalue weighted by atomic mass is 35.5. The average molecular weight is 392 g/mol. The standard InChI is InChI=1S/C17H15ClFN5OS/c1-10(16(25)21-14-4-3-12(19)9-13(14)18)26-17-23-22-15(24(17)2)11-5-7-20-8-6-11/h3-10H,1-2H3,(H,21,25). The highest BCUT2D eigenvalue weighted by molar-refractivity contribution is 8.00. The lowest BCUT2D eigenvalue weighted by Gasteiger charge is -2.12. The second-order valence-electron chi connectivity index (χ2n) is 5.47. The molecule has 26 heavy (non-hydrogen) atoms. The van der Waals surface area contributed by atoms with E-state index in [1.54, 1.807) is 19.3 Å². The molecular weight excluding hydrogens is 377 g/mol. The normalized spacial score (nSPS) is 12.0. The number of anilines is 1. The van der Waals surface area contributed by atoms with Gasteiger partial charge in [0.15, 0.2) is 11.0 Å². The largest absolute Gasteiger partial charge is 0.324 e. The van der Waals surface area contributed by atoms with Crippen LogP contribution in [0.3, 0.4) is 0 Å². The minimum Gasteiger partial charge on any atom is -0.324 e. The number of pyridine rings is 1. The van der Waals surface area contributed by atoms with E-state index in [0.29, 0.717) is 16.7 Å². The molecule has 134 valence electrons. The molecule has 0 aliphatic carbocycles. The Labute approximate surface area is 158 Å². The van der Waals surface area contributed by atoms with E-state index in [-0.39, 0.29) is 10.9 Å². The second kappa shape index (κ2) is 7.84. The van der Waals surface area contributed by atoms with Gasteiger partial charge >= 0.3 is 0 Å². The number of nitrogens with one attached hydrogen (secondary N) is 1. The molecule has 0 aliphatic rings. The van der Waals surface area contributed by atoms with Gasteiger partial charge < -0.3 is 9.88 Å². The molecule has 0 saturated heterocycles. The number of carbonyl (C=O) groups is 1. The zero-order chi connectivity index (χ0) is 18.7. The number of benzene rings is 1. The van der Waals surface area contributed by atoms with Crippen molar-refractivity contribution < 1.29 is 9.18 Å². The number of aromatic nitrogens is 4. The summed E-state index contributed by atoms with van der Waals surface area (Å²) in [6.45, 7) is 1.75. The van der Waals surface area contributed by atoms with Crippen molar-refractivity contribution in [1.29, 1.82) is 0 Å². The lowest BCUT2D eigenvalue weighted by molar-refractivity contribution is -0.115. The van der Waals surface area contributed by atoms with E-state index < -0.39 is 11.1 Å². The van der Waals surface area contributed by atoms with Crippen LogP contribution in [0.25, 0.3) is 11.4 Å². The Morgan fingerprint density at radius 2 is 2.00 bits per heavy atom. The van der Waals surface area contributed by atoms with Crippen LogP contribution < -0.4 is 5.32 Å². The Hall–Kier alpha value is -2.45. The smallest absolute Gasteiger partial charge is 0.237 e. The Morgan fingerprint density at radius 3 is 2.69 bits per heavy atom. The molecule has 0 aliphatic heterocycles. The molecule has 1 aromatic carbocycles. The highest BCUT2D eigenvalue weighted by Crippen LogP contribution is 2.27. The SMILES string of the molecule is CC(Sc1nnc(-c2ccncc2)n1C)C(=O)Nc1ccc(F)cc1Cl. The maximum Gasteiger partial charge on any atom is 0.237 e. The van der Waals surface area contributed by atoms with Crippen LogP contribution in [0.15, 0.2) is 47.9 Å². The van der Waals surface area contributed by atoms with Gasteiger partial charge in [-0.2, -0.15) is 0 Å². The summed E-state index contributed by atoms with van der Waals surface area (Å²) in [4.78, 5) is 16.4. The molecule has 2 heterocycles. The maximum absolute atomic E-state index is 13.1. The molecule has 3 aromatic rings. The zero-order valence-electron chi connectivity index (χ0n) is 14.0. The summed E-state index contributed by atoms with van der Waals surface area (Å²) < 4.78 is 14.9. The Bertz CT molecular complexity index is 934. The zero-order valence-corrected chi connectivity index (χ0v) is 15.6. The molecule has 2 aromatic heterocycles. The number of halogens is 2. The molecule has 0 bridgehead atoms. The highest BCUT2D eigenvalue weighted by Gasteiger charge is 2.20. The van der Waals surface area contributed by atoms with Crippen LogP contribution in [0.2, 0.25) is 5.02 Å². The van der Waals surface area contributed by atoms with Crippen LogP contribution in [-0.2, 0) is 11.8 Å². The lowest BCUT2D eigenvalue weighted by Crippen LogP contribution is -2.23. The van der Waals surface area contributed by atoms with Crippen molar-refractivity contribution in [2.75, 3.05) is 5.32 Å². The summed E-state index contributed by atoms with van der Waals surface area (Å²) in [6.07, 6.45) is 3.36. The predicted molar refractivity (Wildman–Crippen MR) is 99.6 cm³/mol. The van der Waals surface area contributed by atoms with Crippen LogP contribution in [0, 0.1) is 5.82 Å². The van der Waals surface area contributed by atoms with E-state index in [0.717, 1.165) is 11.6 Å². The molecule has 1 N–H and O–H groups in total. The number of rotatable bonds is 5. The Balaban J connectivity index is 1.71. The summed E-state index contributed by atoms with van der Waals surface area (Å²) in [5, 5.41) is 11.3. The van der Waals surface area contributed by atoms with Crippen molar-refractivity contribution in [1.82, 2.24) is 19.7 Å². The van der Waals surface area contributed by atoms with Gasteiger partial charge in [-0.05, 0) is 37.3 Å². The molecule has 3 rings (SSSR count). The lowest BCUT2D eigenvalue weighted by atomic mass is 10.2. The van der Waals surface area contributed by atoms with Gasteiger partial charge in [-0.15, -0.1) is 10.2 Å². The summed E-state index contributed by atoms with van der Waals surface area (Å²) >= 11 is 7.21. The van der Waals surface area contributed by atoms with Crippen LogP contribution >= 0.6 is 23.4 Å². The Kier molecular flexibility index (Phi) is 5.53. The van der Waals surface area contributed by atoms with Crippen molar-refractivity contribution in [3.05, 3.63) is 53.6 Å². The van der Waals surface area contributed by atoms with E-state index in [2.05, 4.69) is 20.5 Å². The Morgan fingerprint density at radius 1 is 1.27 bits per heavy atom. The van der Waals surface area contributed by atoms with Gasteiger partial charge in [0.25, 0.3) is 0 Å². The number of nitrogens with zero attached hydrogens (tertiary/aromatic N) is 4. The number of hydrogen-bond donors (Lipinski definition) is 1. The van der Waals surface area contributed by atoms with Crippen molar-refractivity contribution in [3.63, 3.8) is 0 Å². The van der Waals surface area contributed by atoms with E-state index in [1.807, 2.05) is 23.7 Å². The first kappa shape index (κ1) is 18.3. The van der Waals surface area contributed by atoms with Gasteiger partial charge in [-0.3, -0.25) is 9.78 Å². The molecule has 0 radical (unpaired) electrons. The summed E-state index contributed by atoms with van der Waals surface area (Å²) in [6, 6.07) is 7.49. The molecule has 0 saturated carbocycles. The molecule has 0 spiro atoms. The second-order valence-corrected chi connectivity index (χ2v) is 7.19. The topological polar surface area (TPSA) is 72.7 Å². The van der Waals surface area contributed by atoms with Crippen LogP contribution in [0.5, 0.6) is 0 Å². The molecular formula is C17H15ClFN5OS. The first-order valence-corrected chi connectivity index (χ1v) is 8.94. The third-order valence-corrected chi connectivity index (χ3v) is 5.06. The predicted octanol–water partition coefficient (Wildman–Crippen LogP) is 3.79. The van der Waals surface area contributed by atoms with Crippen LogP contribution in [0.4, 0.5) is 10.1 Å². The minimum absolute atomic E-state index is 0.147. The fraction of sp³-hybridized carbons (Fsp3) is 0.176. The fourth-order valence-electron chi connectivity index (χ4n) is 2.21. The van der Waals surface area contributed by atoms with Crippen molar-refractivity contribution in [2.24, 2.45) is 7.05 Å². The van der Waals surface area contributed by atoms with Gasteiger partial charge in [-0.25, -0.2) is 4.39 Å². The quantitative estimate of drug-likeness (QED) is 0.670. The van der Waals surface area contributed by atoms with Gasteiger partial charge in [0.1, 0.15) is 5.82 Å².